The van der Waals surface area contributed by atoms with E-state index in [0.717, 1.165) is 0 Å². The van der Waals surface area contributed by atoms with E-state index >= 15 is 0 Å². The number of piperidine rings is 1. The fourth-order valence-corrected chi connectivity index (χ4v) is 7.63. The molecule has 1 aromatic carbocycles. The normalized spacial score (nSPS) is 19.1. The van der Waals surface area contributed by atoms with Crippen LogP contribution in [0.1, 0.15) is 120 Å². The molecular formula is C47H76N8O12. The lowest BCUT2D eigenvalue weighted by Crippen LogP contribution is -2.63. The lowest BCUT2D eigenvalue weighted by Gasteiger charge is -2.44. The first-order valence-corrected chi connectivity index (χ1v) is 23.3. The van der Waals surface area contributed by atoms with Gasteiger partial charge in [0.05, 0.1) is 0 Å². The van der Waals surface area contributed by atoms with Gasteiger partial charge in [0.25, 0.3) is 0 Å². The molecule has 0 aliphatic carbocycles. The van der Waals surface area contributed by atoms with Crippen molar-refractivity contribution in [3.05, 3.63) is 29.8 Å². The molecule has 376 valence electrons. The van der Waals surface area contributed by atoms with Crippen molar-refractivity contribution in [2.24, 2.45) is 41.1 Å². The number of carbonyl (C=O) groups is 9. The van der Waals surface area contributed by atoms with Gasteiger partial charge in [-0.1, -0.05) is 87.3 Å². The molecule has 1 fully saturated rings. The summed E-state index contributed by atoms with van der Waals surface area (Å²) >= 11 is 0. The Labute approximate surface area is 394 Å². The number of likely N-dealkylation sites (N-methyl/N-ethyl adjacent to an activating group) is 1. The van der Waals surface area contributed by atoms with Crippen molar-refractivity contribution >= 4 is 53.2 Å². The average Bonchev–Trinajstić information content (AvgIpc) is 3.26. The molecule has 8 amide bonds. The monoisotopic (exact) mass is 945 g/mol. The molecule has 0 unspecified atom stereocenters. The van der Waals surface area contributed by atoms with Crippen LogP contribution in [-0.4, -0.2) is 129 Å². The van der Waals surface area contributed by atoms with E-state index in [1.807, 2.05) is 6.92 Å². The van der Waals surface area contributed by atoms with Gasteiger partial charge in [0.2, 0.25) is 47.3 Å². The van der Waals surface area contributed by atoms with Crippen molar-refractivity contribution in [1.29, 1.82) is 0 Å². The Morgan fingerprint density at radius 3 is 1.88 bits per heavy atom. The minimum atomic E-state index is -1.72. The number of nitrogens with one attached hydrogen (secondary N) is 4. The fourth-order valence-electron chi connectivity index (χ4n) is 7.63. The van der Waals surface area contributed by atoms with Gasteiger partial charge in [0, 0.05) is 31.7 Å². The van der Waals surface area contributed by atoms with Crippen molar-refractivity contribution in [1.82, 2.24) is 31.1 Å². The number of primary amides is 2. The number of phenolic OH excluding ortho intramolecular Hbond substituents is 1. The number of amides is 8. The summed E-state index contributed by atoms with van der Waals surface area (Å²) in [4.78, 5) is 124. The first-order chi connectivity index (χ1) is 31.2. The molecule has 2 rings (SSSR count). The molecule has 0 spiro atoms. The number of nitrogens with two attached hydrogens (primary N) is 2. The maximum Gasteiger partial charge on any atom is 0.329 e. The summed E-state index contributed by atoms with van der Waals surface area (Å²) in [5.74, 6) is -9.14. The number of esters is 1. The largest absolute Gasteiger partial charge is 0.508 e. The topological polar surface area (TPSA) is 310 Å². The third kappa shape index (κ3) is 16.8. The van der Waals surface area contributed by atoms with Crippen LogP contribution in [0.15, 0.2) is 24.3 Å². The molecule has 20 nitrogen and oxygen atoms in total. The number of benzene rings is 1. The number of aromatic hydroxyl groups is 1. The van der Waals surface area contributed by atoms with E-state index in [1.165, 1.54) is 35.9 Å². The van der Waals surface area contributed by atoms with Crippen molar-refractivity contribution in [3.8, 4) is 5.75 Å². The van der Waals surface area contributed by atoms with E-state index in [4.69, 9.17) is 16.2 Å². The molecule has 20 heteroatoms. The van der Waals surface area contributed by atoms with E-state index < -0.39 is 125 Å². The van der Waals surface area contributed by atoms with E-state index in [9.17, 15) is 53.4 Å². The molecule has 1 aliphatic heterocycles. The van der Waals surface area contributed by atoms with Gasteiger partial charge in [-0.25, -0.2) is 4.79 Å². The average molecular weight is 945 g/mol. The smallest absolute Gasteiger partial charge is 0.329 e. The maximum atomic E-state index is 14.7. The van der Waals surface area contributed by atoms with Crippen LogP contribution in [0, 0.1) is 29.6 Å². The fraction of sp³-hybridized carbons (Fsp3) is 0.681. The predicted octanol–water partition coefficient (Wildman–Crippen LogP) is 1.12. The quantitative estimate of drug-likeness (QED) is 0.0607. The molecule has 10 N–H and O–H groups in total. The van der Waals surface area contributed by atoms with E-state index in [1.54, 1.807) is 67.5 Å². The summed E-state index contributed by atoms with van der Waals surface area (Å²) in [5, 5.41) is 31.4. The Kier molecular flexibility index (Phi) is 22.7. The Morgan fingerprint density at radius 2 is 1.36 bits per heavy atom. The number of aliphatic hydroxyl groups excluding tert-OH is 1. The Morgan fingerprint density at radius 1 is 0.791 bits per heavy atom. The van der Waals surface area contributed by atoms with Crippen LogP contribution in [0.3, 0.4) is 0 Å². The summed E-state index contributed by atoms with van der Waals surface area (Å²) in [6.07, 6.45) is -1.81. The van der Waals surface area contributed by atoms with Crippen LogP contribution < -0.4 is 32.7 Å². The summed E-state index contributed by atoms with van der Waals surface area (Å²) in [5.41, 5.74) is 11.5. The zero-order valence-electron chi connectivity index (χ0n) is 41.0. The highest BCUT2D eigenvalue weighted by Gasteiger charge is 2.45. The van der Waals surface area contributed by atoms with E-state index in [2.05, 4.69) is 21.3 Å². The standard InChI is InChI=1S/C47H76N8O12/c1-12-26(7)37(47(66)67-29(10)38(44(63)51-33(40(49)59)22-24(3)4)53-42(61)32(19-20-35(48)57)50-41(60)25(5)6)52-43(62)34(23-30-15-17-31(56)18-16-30)54(11)46(65)39(27(8)13-2)55-36(58)21-14-28(9)45(55)64/h15-18,24-29,32-34,36-39,56,58H,12-14,19-23H2,1-11H3,(H2,48,57)(H2,49,59)(H,50,60)(H,51,63)(H,52,62)(H,53,61)/t26-,27-,28-,29+,32-,33-,34-,36+,37-,38-,39-/m0/s1. The SMILES string of the molecule is CC[C@H](C)[C@H](NC(=O)[C@H](Cc1ccc(O)cc1)N(C)C(=O)[C@H]([C@@H](C)CC)N1C(=O)[C@@H](C)CC[C@H]1O)C(=O)O[C@H](C)[C@H](NC(=O)[C@H](CCC(N)=O)NC(=O)C(C)C)C(=O)N[C@@H](CC(C)C)C(N)=O. The summed E-state index contributed by atoms with van der Waals surface area (Å²) < 4.78 is 5.87. The molecule has 1 aromatic rings. The van der Waals surface area contributed by atoms with Gasteiger partial charge in [0.1, 0.15) is 54.3 Å². The van der Waals surface area contributed by atoms with Crippen LogP contribution >= 0.6 is 0 Å². The first-order valence-electron chi connectivity index (χ1n) is 23.3. The molecule has 67 heavy (non-hydrogen) atoms. The van der Waals surface area contributed by atoms with Crippen LogP contribution in [-0.2, 0) is 54.3 Å². The summed E-state index contributed by atoms with van der Waals surface area (Å²) in [6, 6.07) is -2.19. The maximum absolute atomic E-state index is 14.7. The second-order valence-electron chi connectivity index (χ2n) is 18.7. The summed E-state index contributed by atoms with van der Waals surface area (Å²) in [6.45, 7) is 16.8. The molecular weight excluding hydrogens is 869 g/mol. The van der Waals surface area contributed by atoms with Crippen LogP contribution in [0.4, 0.5) is 0 Å². The zero-order chi connectivity index (χ0) is 51.0. The highest BCUT2D eigenvalue weighted by atomic mass is 16.5. The summed E-state index contributed by atoms with van der Waals surface area (Å²) in [7, 11) is 1.40. The first kappa shape index (κ1) is 57.3. The van der Waals surface area contributed by atoms with Gasteiger partial charge in [-0.15, -0.1) is 0 Å². The molecule has 0 radical (unpaired) electrons. The lowest BCUT2D eigenvalue weighted by molar-refractivity contribution is -0.169. The Hall–Kier alpha value is -5.79. The number of likely N-dealkylation sites (tertiary alicyclic amines) is 1. The Balaban J connectivity index is 2.62. The molecule has 0 saturated carbocycles. The molecule has 11 atom stereocenters. The number of aliphatic hydroxyl groups is 1. The number of hydrogen-bond acceptors (Lipinski definition) is 12. The van der Waals surface area contributed by atoms with Gasteiger partial charge < -0.3 is 57.5 Å². The van der Waals surface area contributed by atoms with Crippen molar-refractivity contribution < 1.29 is 58.1 Å². The van der Waals surface area contributed by atoms with Crippen molar-refractivity contribution in [2.75, 3.05) is 7.05 Å². The third-order valence-corrected chi connectivity index (χ3v) is 12.4. The second-order valence-corrected chi connectivity index (χ2v) is 18.7. The van der Waals surface area contributed by atoms with Crippen LogP contribution in [0.25, 0.3) is 0 Å². The number of nitrogens with zero attached hydrogens (tertiary/aromatic N) is 2. The van der Waals surface area contributed by atoms with Gasteiger partial charge >= 0.3 is 5.97 Å². The number of rotatable bonds is 26. The van der Waals surface area contributed by atoms with Gasteiger partial charge in [0.15, 0.2) is 0 Å². The van der Waals surface area contributed by atoms with Crippen molar-refractivity contribution in [3.63, 3.8) is 0 Å². The highest BCUT2D eigenvalue weighted by Crippen LogP contribution is 2.29. The third-order valence-electron chi connectivity index (χ3n) is 12.4. The number of carbonyl (C=O) groups excluding carboxylic acids is 9. The van der Waals surface area contributed by atoms with Crippen LogP contribution in [0.5, 0.6) is 5.75 Å². The molecule has 0 aromatic heterocycles. The van der Waals surface area contributed by atoms with E-state index in [-0.39, 0.29) is 43.8 Å². The zero-order valence-corrected chi connectivity index (χ0v) is 41.0. The van der Waals surface area contributed by atoms with Crippen molar-refractivity contribution in [2.45, 2.75) is 169 Å². The van der Waals surface area contributed by atoms with Gasteiger partial charge in [-0.2, -0.15) is 0 Å². The minimum Gasteiger partial charge on any atom is -0.508 e. The predicted molar refractivity (Wildman–Crippen MR) is 248 cm³/mol. The lowest BCUT2D eigenvalue weighted by atomic mass is 9.89. The Bertz CT molecular complexity index is 1890. The van der Waals surface area contributed by atoms with Crippen LogP contribution in [0.2, 0.25) is 0 Å². The molecule has 1 saturated heterocycles. The van der Waals surface area contributed by atoms with Gasteiger partial charge in [-0.05, 0) is 68.1 Å². The number of phenols is 1. The van der Waals surface area contributed by atoms with E-state index in [0.29, 0.717) is 24.8 Å². The second kappa shape index (κ2) is 26.5. The molecule has 1 heterocycles. The minimum absolute atomic E-state index is 0.0406. The molecule has 0 bridgehead atoms. The molecule has 1 aliphatic rings. The number of hydrogen-bond donors (Lipinski definition) is 8. The number of ether oxygens (including phenoxy) is 1. The highest BCUT2D eigenvalue weighted by molar-refractivity contribution is 5.96. The van der Waals surface area contributed by atoms with Gasteiger partial charge in [-0.3, -0.25) is 38.4 Å².